The molecule has 0 aliphatic rings. The van der Waals surface area contributed by atoms with E-state index in [0.717, 1.165) is 0 Å². The summed E-state index contributed by atoms with van der Waals surface area (Å²) >= 11 is 3.16. The summed E-state index contributed by atoms with van der Waals surface area (Å²) in [4.78, 5) is 25.9. The lowest BCUT2D eigenvalue weighted by Crippen LogP contribution is -2.14. The maximum absolute atomic E-state index is 12.0. The van der Waals surface area contributed by atoms with Gasteiger partial charge in [0.2, 0.25) is 0 Å². The Balaban J connectivity index is 2.19. The van der Waals surface area contributed by atoms with Gasteiger partial charge in [-0.15, -0.1) is 0 Å². The van der Waals surface area contributed by atoms with Gasteiger partial charge in [0.1, 0.15) is 11.8 Å². The number of nitrogens with zero attached hydrogens (tertiary/aromatic N) is 3. The van der Waals surface area contributed by atoms with E-state index in [2.05, 4.69) is 26.2 Å². The Hall–Kier alpha value is -2.79. The van der Waals surface area contributed by atoms with Crippen molar-refractivity contribution in [3.05, 3.63) is 62.4 Å². The summed E-state index contributed by atoms with van der Waals surface area (Å²) in [5.41, 5.74) is 0.787. The molecule has 0 fully saturated rings. The normalized spacial score (nSPS) is 9.71. The van der Waals surface area contributed by atoms with E-state index in [-0.39, 0.29) is 11.4 Å². The summed E-state index contributed by atoms with van der Waals surface area (Å²) in [6.45, 7) is 0. The van der Waals surface area contributed by atoms with Gasteiger partial charge in [-0.05, 0) is 34.1 Å². The Morgan fingerprint density at radius 3 is 2.67 bits per heavy atom. The van der Waals surface area contributed by atoms with E-state index in [1.54, 1.807) is 0 Å². The van der Waals surface area contributed by atoms with Gasteiger partial charge in [-0.3, -0.25) is 14.9 Å². The average Bonchev–Trinajstić information content (AvgIpc) is 2.49. The molecule has 0 atom stereocenters. The van der Waals surface area contributed by atoms with Gasteiger partial charge in [0.15, 0.2) is 0 Å². The number of halogens is 1. The molecule has 21 heavy (non-hydrogen) atoms. The third kappa shape index (κ3) is 3.40. The van der Waals surface area contributed by atoms with Crippen LogP contribution in [0.1, 0.15) is 16.1 Å². The molecule has 0 unspecified atom stereocenters. The minimum Gasteiger partial charge on any atom is -0.320 e. The minimum atomic E-state index is -0.529. The zero-order valence-corrected chi connectivity index (χ0v) is 12.0. The van der Waals surface area contributed by atoms with Crippen molar-refractivity contribution in [1.82, 2.24) is 4.98 Å². The van der Waals surface area contributed by atoms with Gasteiger partial charge in [-0.25, -0.2) is 4.98 Å². The van der Waals surface area contributed by atoms with Crippen molar-refractivity contribution in [2.75, 3.05) is 5.32 Å². The third-order valence-electron chi connectivity index (χ3n) is 2.54. The first-order valence-electron chi connectivity index (χ1n) is 5.62. The summed E-state index contributed by atoms with van der Waals surface area (Å²) in [5.74, 6) is -0.478. The highest BCUT2D eigenvalue weighted by molar-refractivity contribution is 9.10. The van der Waals surface area contributed by atoms with Gasteiger partial charge in [0, 0.05) is 22.8 Å². The lowest BCUT2D eigenvalue weighted by Gasteiger charge is -2.06. The SMILES string of the molecule is N#Cc1ccc(C(=O)Nc2ccc([N+](=O)[O-])cc2Br)nc1. The Kier molecular flexibility index (Phi) is 4.25. The van der Waals surface area contributed by atoms with E-state index in [0.29, 0.717) is 15.7 Å². The number of hydrogen-bond donors (Lipinski definition) is 1. The van der Waals surface area contributed by atoms with Crippen LogP contribution in [0.15, 0.2) is 41.0 Å². The number of amides is 1. The number of aromatic nitrogens is 1. The fourth-order valence-corrected chi connectivity index (χ4v) is 1.97. The second-order valence-corrected chi connectivity index (χ2v) is 4.77. The van der Waals surface area contributed by atoms with Crippen molar-refractivity contribution in [2.45, 2.75) is 0 Å². The number of nitriles is 1. The van der Waals surface area contributed by atoms with Gasteiger partial charge in [0.25, 0.3) is 11.6 Å². The molecule has 0 radical (unpaired) electrons. The predicted octanol–water partition coefficient (Wildman–Crippen LogP) is 2.88. The molecular weight excluding hydrogens is 340 g/mol. The molecule has 2 aromatic rings. The van der Waals surface area contributed by atoms with Crippen molar-refractivity contribution >= 4 is 33.2 Å². The molecule has 1 heterocycles. The zero-order valence-electron chi connectivity index (χ0n) is 10.4. The standard InChI is InChI=1S/C13H7BrN4O3/c14-10-5-9(18(20)21)2-4-11(10)17-13(19)12-3-1-8(6-15)7-16-12/h1-5,7H,(H,17,19). The van der Waals surface area contributed by atoms with Crippen molar-refractivity contribution in [3.8, 4) is 6.07 Å². The Labute approximate surface area is 127 Å². The van der Waals surface area contributed by atoms with Gasteiger partial charge in [0.05, 0.1) is 16.2 Å². The van der Waals surface area contributed by atoms with Gasteiger partial charge >= 0.3 is 0 Å². The fourth-order valence-electron chi connectivity index (χ4n) is 1.50. The lowest BCUT2D eigenvalue weighted by molar-refractivity contribution is -0.384. The van der Waals surface area contributed by atoms with Gasteiger partial charge in [-0.2, -0.15) is 5.26 Å². The van der Waals surface area contributed by atoms with Crippen LogP contribution in [-0.4, -0.2) is 15.8 Å². The third-order valence-corrected chi connectivity index (χ3v) is 3.19. The number of nitrogens with one attached hydrogen (secondary N) is 1. The number of carbonyl (C=O) groups excluding carboxylic acids is 1. The van der Waals surface area contributed by atoms with E-state index >= 15 is 0 Å². The van der Waals surface area contributed by atoms with Crippen LogP contribution in [0.4, 0.5) is 11.4 Å². The highest BCUT2D eigenvalue weighted by Crippen LogP contribution is 2.27. The van der Waals surface area contributed by atoms with Crippen LogP contribution < -0.4 is 5.32 Å². The number of anilines is 1. The quantitative estimate of drug-likeness (QED) is 0.678. The van der Waals surface area contributed by atoms with Crippen LogP contribution >= 0.6 is 15.9 Å². The number of nitro groups is 1. The molecule has 1 N–H and O–H groups in total. The second kappa shape index (κ2) is 6.11. The van der Waals surface area contributed by atoms with Crippen LogP contribution in [-0.2, 0) is 0 Å². The Morgan fingerprint density at radius 2 is 2.14 bits per heavy atom. The maximum atomic E-state index is 12.0. The zero-order chi connectivity index (χ0) is 15.4. The van der Waals surface area contributed by atoms with Gasteiger partial charge < -0.3 is 5.32 Å². The van der Waals surface area contributed by atoms with Crippen molar-refractivity contribution in [2.24, 2.45) is 0 Å². The molecule has 1 aromatic heterocycles. The van der Waals surface area contributed by atoms with E-state index in [1.165, 1.54) is 36.5 Å². The number of hydrogen-bond acceptors (Lipinski definition) is 5. The number of pyridine rings is 1. The summed E-state index contributed by atoms with van der Waals surface area (Å²) < 4.78 is 0.388. The molecule has 7 nitrogen and oxygen atoms in total. The topological polar surface area (TPSA) is 109 Å². The first kappa shape index (κ1) is 14.6. The highest BCUT2D eigenvalue weighted by Gasteiger charge is 2.13. The van der Waals surface area contributed by atoms with E-state index in [4.69, 9.17) is 5.26 Å². The van der Waals surface area contributed by atoms with Gasteiger partial charge in [-0.1, -0.05) is 0 Å². The highest BCUT2D eigenvalue weighted by atomic mass is 79.9. The van der Waals surface area contributed by atoms with Crippen molar-refractivity contribution in [1.29, 1.82) is 5.26 Å². The lowest BCUT2D eigenvalue weighted by atomic mass is 10.2. The molecule has 104 valence electrons. The van der Waals surface area contributed by atoms with Crippen LogP contribution in [0.3, 0.4) is 0 Å². The molecule has 0 aliphatic heterocycles. The predicted molar refractivity (Wildman–Crippen MR) is 77.7 cm³/mol. The van der Waals surface area contributed by atoms with Crippen molar-refractivity contribution < 1.29 is 9.72 Å². The molecule has 0 saturated carbocycles. The molecule has 0 saturated heterocycles. The van der Waals surface area contributed by atoms with Crippen LogP contribution in [0.5, 0.6) is 0 Å². The molecule has 8 heteroatoms. The fraction of sp³-hybridized carbons (Fsp3) is 0. The number of non-ortho nitro benzene ring substituents is 1. The Bertz CT molecular complexity index is 753. The largest absolute Gasteiger partial charge is 0.320 e. The summed E-state index contributed by atoms with van der Waals surface area (Å²) in [6.07, 6.45) is 1.29. The number of nitro benzene ring substituents is 1. The average molecular weight is 347 g/mol. The first-order chi connectivity index (χ1) is 10.0. The molecule has 0 aliphatic carbocycles. The molecule has 1 amide bonds. The van der Waals surface area contributed by atoms with Crippen LogP contribution in [0, 0.1) is 21.4 Å². The molecule has 0 bridgehead atoms. The molecule has 2 rings (SSSR count). The van der Waals surface area contributed by atoms with Crippen molar-refractivity contribution in [3.63, 3.8) is 0 Å². The van der Waals surface area contributed by atoms with Crippen LogP contribution in [0.2, 0.25) is 0 Å². The molecular formula is C13H7BrN4O3. The van der Waals surface area contributed by atoms with E-state index < -0.39 is 10.8 Å². The summed E-state index contributed by atoms with van der Waals surface area (Å²) in [7, 11) is 0. The second-order valence-electron chi connectivity index (χ2n) is 3.92. The number of benzene rings is 1. The number of rotatable bonds is 3. The molecule has 1 aromatic carbocycles. The monoisotopic (exact) mass is 346 g/mol. The smallest absolute Gasteiger partial charge is 0.274 e. The summed E-state index contributed by atoms with van der Waals surface area (Å²) in [5, 5.41) is 21.9. The first-order valence-corrected chi connectivity index (χ1v) is 6.42. The number of carbonyl (C=O) groups is 1. The minimum absolute atomic E-state index is 0.0867. The van der Waals surface area contributed by atoms with E-state index in [1.807, 2.05) is 6.07 Å². The van der Waals surface area contributed by atoms with E-state index in [9.17, 15) is 14.9 Å². The maximum Gasteiger partial charge on any atom is 0.274 e. The summed E-state index contributed by atoms with van der Waals surface area (Å²) in [6, 6.07) is 8.80. The molecule has 0 spiro atoms. The van der Waals surface area contributed by atoms with Crippen LogP contribution in [0.25, 0.3) is 0 Å². The Morgan fingerprint density at radius 1 is 1.38 bits per heavy atom.